The van der Waals surface area contributed by atoms with Crippen LogP contribution in [0.1, 0.15) is 0 Å². The predicted molar refractivity (Wildman–Crippen MR) is 226 cm³/mol. The number of para-hydroxylation sites is 2. The summed E-state index contributed by atoms with van der Waals surface area (Å²) in [5, 5.41) is 4.34. The zero-order valence-electron chi connectivity index (χ0n) is 30.0. The van der Waals surface area contributed by atoms with E-state index in [2.05, 4.69) is 114 Å². The number of hydrogen-bond donors (Lipinski definition) is 0. The van der Waals surface area contributed by atoms with Gasteiger partial charge >= 0.3 is 0 Å². The van der Waals surface area contributed by atoms with Crippen molar-refractivity contribution in [3.05, 3.63) is 188 Å². The molecule has 0 aliphatic carbocycles. The van der Waals surface area contributed by atoms with Crippen LogP contribution in [-0.4, -0.2) is 24.5 Å². The molecular formula is C50H31N5O. The predicted octanol–water partition coefficient (Wildman–Crippen LogP) is 12.6. The number of benzene rings is 8. The van der Waals surface area contributed by atoms with Gasteiger partial charge in [0, 0.05) is 38.4 Å². The van der Waals surface area contributed by atoms with E-state index in [0.29, 0.717) is 17.5 Å². The molecule has 56 heavy (non-hydrogen) atoms. The number of fused-ring (bicyclic) bond motifs is 5. The van der Waals surface area contributed by atoms with E-state index >= 15 is 0 Å². The Bertz CT molecular complexity index is 3180. The Labute approximate surface area is 322 Å². The first-order chi connectivity index (χ1) is 27.7. The summed E-state index contributed by atoms with van der Waals surface area (Å²) in [6, 6.07) is 64.6. The van der Waals surface area contributed by atoms with Gasteiger partial charge in [0.1, 0.15) is 17.0 Å². The molecule has 6 nitrogen and oxygen atoms in total. The fourth-order valence-electron chi connectivity index (χ4n) is 7.80. The molecule has 8 aromatic carbocycles. The van der Waals surface area contributed by atoms with E-state index in [4.69, 9.17) is 24.4 Å². The van der Waals surface area contributed by atoms with Crippen molar-refractivity contribution in [3.63, 3.8) is 0 Å². The minimum Gasteiger partial charge on any atom is -0.456 e. The first kappa shape index (κ1) is 31.8. The van der Waals surface area contributed by atoms with Gasteiger partial charge in [-0.3, -0.25) is 4.57 Å². The summed E-state index contributed by atoms with van der Waals surface area (Å²) in [5.41, 5.74) is 10.7. The van der Waals surface area contributed by atoms with E-state index in [0.717, 1.165) is 77.9 Å². The number of nitrogens with zero attached hydrogens (tertiary/aromatic N) is 5. The van der Waals surface area contributed by atoms with E-state index in [-0.39, 0.29) is 0 Å². The lowest BCUT2D eigenvalue weighted by Gasteiger charge is -2.13. The third-order valence-corrected chi connectivity index (χ3v) is 10.5. The highest BCUT2D eigenvalue weighted by Gasteiger charge is 2.19. The highest BCUT2D eigenvalue weighted by molar-refractivity contribution is 6.12. The molecule has 0 aliphatic rings. The van der Waals surface area contributed by atoms with Gasteiger partial charge in [-0.1, -0.05) is 152 Å². The van der Waals surface area contributed by atoms with Crippen LogP contribution in [0.25, 0.3) is 106 Å². The molecule has 0 saturated heterocycles. The molecule has 0 N–H and O–H groups in total. The average Bonchev–Trinajstić information content (AvgIpc) is 3.85. The van der Waals surface area contributed by atoms with Crippen molar-refractivity contribution in [1.82, 2.24) is 24.5 Å². The summed E-state index contributed by atoms with van der Waals surface area (Å²) in [6.07, 6.45) is 0. The summed E-state index contributed by atoms with van der Waals surface area (Å²) < 4.78 is 8.73. The number of rotatable bonds is 6. The smallest absolute Gasteiger partial charge is 0.164 e. The van der Waals surface area contributed by atoms with Gasteiger partial charge < -0.3 is 4.42 Å². The summed E-state index contributed by atoms with van der Waals surface area (Å²) in [7, 11) is 0. The van der Waals surface area contributed by atoms with Crippen LogP contribution in [-0.2, 0) is 0 Å². The standard InChI is InChI=1S/C50H31N5O/c1-3-14-34(15-4-1)47-52-48(35-16-5-2-6-17-35)54-49(53-47)39-20-12-24-45-46(39)40-31-37(29-30-44(40)56-45)32-25-27-36(28-26-32)50-51-41-21-9-10-22-43(41)55(50)42-23-11-18-33-13-7-8-19-38(33)42/h1-31H. The van der Waals surface area contributed by atoms with Gasteiger partial charge in [0.25, 0.3) is 0 Å². The summed E-state index contributed by atoms with van der Waals surface area (Å²) in [4.78, 5) is 20.2. The summed E-state index contributed by atoms with van der Waals surface area (Å²) in [6.45, 7) is 0. The minimum atomic E-state index is 0.592. The molecule has 0 bridgehead atoms. The van der Waals surface area contributed by atoms with E-state index in [1.54, 1.807) is 0 Å². The summed E-state index contributed by atoms with van der Waals surface area (Å²) in [5.74, 6) is 2.73. The van der Waals surface area contributed by atoms with E-state index in [1.165, 1.54) is 10.8 Å². The van der Waals surface area contributed by atoms with Crippen LogP contribution < -0.4 is 0 Å². The van der Waals surface area contributed by atoms with Gasteiger partial charge in [-0.2, -0.15) is 0 Å². The Hall–Kier alpha value is -7.70. The topological polar surface area (TPSA) is 69.6 Å². The Morgan fingerprint density at radius 1 is 0.393 bits per heavy atom. The van der Waals surface area contributed by atoms with Crippen molar-refractivity contribution >= 4 is 43.7 Å². The van der Waals surface area contributed by atoms with Gasteiger partial charge in [-0.15, -0.1) is 0 Å². The van der Waals surface area contributed by atoms with E-state index in [9.17, 15) is 0 Å². The highest BCUT2D eigenvalue weighted by Crippen LogP contribution is 2.39. The second-order valence-corrected chi connectivity index (χ2v) is 13.9. The van der Waals surface area contributed by atoms with Crippen LogP contribution in [0.4, 0.5) is 0 Å². The number of hydrogen-bond acceptors (Lipinski definition) is 5. The number of aromatic nitrogens is 5. The van der Waals surface area contributed by atoms with Gasteiger partial charge in [0.15, 0.2) is 17.5 Å². The van der Waals surface area contributed by atoms with Crippen molar-refractivity contribution in [2.75, 3.05) is 0 Å². The Morgan fingerprint density at radius 2 is 1.02 bits per heavy atom. The summed E-state index contributed by atoms with van der Waals surface area (Å²) >= 11 is 0. The van der Waals surface area contributed by atoms with Crippen LogP contribution in [0, 0.1) is 0 Å². The SMILES string of the molecule is c1ccc(-c2nc(-c3ccccc3)nc(-c3cccc4oc5ccc(-c6ccc(-c7nc8ccccc8n7-c7cccc8ccccc78)cc6)cc5c34)n2)cc1. The third kappa shape index (κ3) is 5.35. The van der Waals surface area contributed by atoms with Gasteiger partial charge in [0.05, 0.1) is 16.7 Å². The molecule has 0 amide bonds. The molecule has 0 radical (unpaired) electrons. The molecule has 6 heteroatoms. The molecular weight excluding hydrogens is 687 g/mol. The van der Waals surface area contributed by atoms with E-state index in [1.807, 2.05) is 78.9 Å². The molecule has 0 aliphatic heterocycles. The molecule has 11 aromatic rings. The molecule has 0 fully saturated rings. The lowest BCUT2D eigenvalue weighted by molar-refractivity contribution is 0.669. The number of furan rings is 1. The highest BCUT2D eigenvalue weighted by atomic mass is 16.3. The Morgan fingerprint density at radius 3 is 1.80 bits per heavy atom. The molecule has 11 rings (SSSR count). The Balaban J connectivity index is 1.03. The van der Waals surface area contributed by atoms with Gasteiger partial charge in [-0.25, -0.2) is 19.9 Å². The molecule has 262 valence electrons. The second-order valence-electron chi connectivity index (χ2n) is 13.9. The molecule has 0 unspecified atom stereocenters. The van der Waals surface area contributed by atoms with Crippen molar-refractivity contribution in [2.45, 2.75) is 0 Å². The fourth-order valence-corrected chi connectivity index (χ4v) is 7.80. The van der Waals surface area contributed by atoms with Crippen molar-refractivity contribution in [1.29, 1.82) is 0 Å². The minimum absolute atomic E-state index is 0.592. The maximum absolute atomic E-state index is 6.44. The largest absolute Gasteiger partial charge is 0.456 e. The fraction of sp³-hybridized carbons (Fsp3) is 0. The Kier molecular flexibility index (Phi) is 7.38. The average molecular weight is 718 g/mol. The maximum atomic E-state index is 6.44. The van der Waals surface area contributed by atoms with Crippen LogP contribution in [0.2, 0.25) is 0 Å². The van der Waals surface area contributed by atoms with Gasteiger partial charge in [-0.05, 0) is 52.9 Å². The molecule has 3 aromatic heterocycles. The zero-order chi connectivity index (χ0) is 37.0. The van der Waals surface area contributed by atoms with Crippen molar-refractivity contribution < 1.29 is 4.42 Å². The van der Waals surface area contributed by atoms with Crippen LogP contribution in [0.15, 0.2) is 192 Å². The maximum Gasteiger partial charge on any atom is 0.164 e. The first-order valence-corrected chi connectivity index (χ1v) is 18.6. The quantitative estimate of drug-likeness (QED) is 0.171. The van der Waals surface area contributed by atoms with Crippen molar-refractivity contribution in [2.24, 2.45) is 0 Å². The molecule has 0 atom stereocenters. The van der Waals surface area contributed by atoms with Crippen LogP contribution in [0.5, 0.6) is 0 Å². The van der Waals surface area contributed by atoms with Crippen LogP contribution in [0.3, 0.4) is 0 Å². The second kappa shape index (κ2) is 13.0. The van der Waals surface area contributed by atoms with Crippen molar-refractivity contribution in [3.8, 4) is 62.4 Å². The van der Waals surface area contributed by atoms with Crippen LogP contribution >= 0.6 is 0 Å². The molecule has 0 spiro atoms. The molecule has 0 saturated carbocycles. The third-order valence-electron chi connectivity index (χ3n) is 10.5. The molecule has 3 heterocycles. The monoisotopic (exact) mass is 717 g/mol. The normalized spacial score (nSPS) is 11.6. The lowest BCUT2D eigenvalue weighted by Crippen LogP contribution is -2.00. The number of imidazole rings is 1. The first-order valence-electron chi connectivity index (χ1n) is 18.6. The van der Waals surface area contributed by atoms with Gasteiger partial charge in [0.2, 0.25) is 0 Å². The lowest BCUT2D eigenvalue weighted by atomic mass is 9.99. The zero-order valence-corrected chi connectivity index (χ0v) is 30.0. The van der Waals surface area contributed by atoms with E-state index < -0.39 is 0 Å².